The molecule has 1 rings (SSSR count). The predicted molar refractivity (Wildman–Crippen MR) is 44.4 cm³/mol. The van der Waals surface area contributed by atoms with Crippen LogP contribution >= 0.6 is 0 Å². The molecular weight excluding hydrogens is 143 g/mol. The zero-order valence-corrected chi connectivity index (χ0v) is 7.07. The molecule has 1 aliphatic heterocycles. The molecule has 11 heavy (non-hydrogen) atoms. The first-order chi connectivity index (χ1) is 5.34. The Morgan fingerprint density at radius 1 is 1.73 bits per heavy atom. The molecule has 0 saturated carbocycles. The monoisotopic (exact) mass is 160 g/mol. The quantitative estimate of drug-likeness (QED) is 0.627. The van der Waals surface area contributed by atoms with E-state index < -0.39 is 0 Å². The van der Waals surface area contributed by atoms with Gasteiger partial charge in [-0.3, -0.25) is 0 Å². The summed E-state index contributed by atoms with van der Waals surface area (Å²) < 4.78 is 11.8. The molecule has 2 N–H and O–H groups in total. The molecule has 2 nitrogen and oxygen atoms in total. The van der Waals surface area contributed by atoms with Gasteiger partial charge in [-0.1, -0.05) is 0 Å². The highest BCUT2D eigenvalue weighted by Gasteiger charge is 2.19. The van der Waals surface area contributed by atoms with Crippen LogP contribution < -0.4 is 10.6 Å². The predicted octanol–water partition coefficient (Wildman–Crippen LogP) is 0.543. The molecule has 3 heteroatoms. The van der Waals surface area contributed by atoms with Crippen LogP contribution in [-0.4, -0.2) is 32.4 Å². The van der Waals surface area contributed by atoms with E-state index in [0.717, 1.165) is 13.1 Å². The number of rotatable bonds is 4. The van der Waals surface area contributed by atoms with Crippen molar-refractivity contribution < 1.29 is 4.39 Å². The Hall–Kier alpha value is -0.150. The Bertz CT molecular complexity index is 102. The van der Waals surface area contributed by atoms with Gasteiger partial charge in [0, 0.05) is 12.6 Å². The molecule has 0 amide bonds. The van der Waals surface area contributed by atoms with Crippen molar-refractivity contribution in [2.75, 3.05) is 26.3 Å². The second-order valence-electron chi connectivity index (χ2n) is 3.18. The Morgan fingerprint density at radius 2 is 2.55 bits per heavy atom. The highest BCUT2D eigenvalue weighted by molar-refractivity contribution is 4.79. The smallest absolute Gasteiger partial charge is 0.102 e. The largest absolute Gasteiger partial charge is 0.316 e. The Morgan fingerprint density at radius 3 is 3.09 bits per heavy atom. The molecule has 0 aromatic carbocycles. The lowest BCUT2D eigenvalue weighted by molar-refractivity contribution is 0.371. The zero-order chi connectivity index (χ0) is 8.10. The molecule has 1 fully saturated rings. The summed E-state index contributed by atoms with van der Waals surface area (Å²) in [5.41, 5.74) is 0. The molecule has 0 radical (unpaired) electrons. The summed E-state index contributed by atoms with van der Waals surface area (Å²) in [7, 11) is 0. The number of hydrogen-bond acceptors (Lipinski definition) is 2. The fourth-order valence-corrected chi connectivity index (χ4v) is 1.55. The van der Waals surface area contributed by atoms with E-state index in [1.165, 1.54) is 6.42 Å². The van der Waals surface area contributed by atoms with Gasteiger partial charge in [0.2, 0.25) is 0 Å². The highest BCUT2D eigenvalue weighted by Crippen LogP contribution is 2.11. The van der Waals surface area contributed by atoms with Gasteiger partial charge in [0.05, 0.1) is 0 Å². The zero-order valence-electron chi connectivity index (χ0n) is 7.07. The second-order valence-corrected chi connectivity index (χ2v) is 3.18. The van der Waals surface area contributed by atoms with Gasteiger partial charge in [-0.25, -0.2) is 4.39 Å². The second kappa shape index (κ2) is 4.67. The third kappa shape index (κ3) is 2.75. The molecule has 1 heterocycles. The van der Waals surface area contributed by atoms with E-state index >= 15 is 0 Å². The normalized spacial score (nSPS) is 27.3. The first-order valence-corrected chi connectivity index (χ1v) is 4.34. The Labute approximate surface area is 67.6 Å². The van der Waals surface area contributed by atoms with E-state index in [-0.39, 0.29) is 6.67 Å². The van der Waals surface area contributed by atoms with Gasteiger partial charge < -0.3 is 10.6 Å². The Balaban J connectivity index is 2.12. The molecule has 0 aromatic heterocycles. The lowest BCUT2D eigenvalue weighted by Gasteiger charge is -2.18. The maximum absolute atomic E-state index is 11.8. The standard InChI is InChI=1S/C8H17FN2/c1-7(11-5-3-9)8-2-4-10-6-8/h7-8,10-11H,2-6H2,1H3/t7-,8?/m0/s1. The average molecular weight is 160 g/mol. The van der Waals surface area contributed by atoms with Gasteiger partial charge in [-0.05, 0) is 32.4 Å². The molecular formula is C8H17FN2. The number of nitrogens with one attached hydrogen (secondary N) is 2. The molecule has 1 aliphatic rings. The topological polar surface area (TPSA) is 24.1 Å². The molecule has 2 atom stereocenters. The summed E-state index contributed by atoms with van der Waals surface area (Å²) in [6.45, 7) is 4.57. The lowest BCUT2D eigenvalue weighted by Crippen LogP contribution is -2.35. The van der Waals surface area contributed by atoms with Gasteiger partial charge in [-0.15, -0.1) is 0 Å². The van der Waals surface area contributed by atoms with E-state index in [1.807, 2.05) is 0 Å². The SMILES string of the molecule is C[C@H](NCCF)C1CCNC1. The fraction of sp³-hybridized carbons (Fsp3) is 1.00. The van der Waals surface area contributed by atoms with Gasteiger partial charge in [0.1, 0.15) is 6.67 Å². The lowest BCUT2D eigenvalue weighted by atomic mass is 10.0. The van der Waals surface area contributed by atoms with Crippen LogP contribution in [0, 0.1) is 5.92 Å². The number of alkyl halides is 1. The van der Waals surface area contributed by atoms with Crippen LogP contribution in [0.2, 0.25) is 0 Å². The van der Waals surface area contributed by atoms with E-state index in [1.54, 1.807) is 0 Å². The van der Waals surface area contributed by atoms with Crippen LogP contribution in [0.5, 0.6) is 0 Å². The summed E-state index contributed by atoms with van der Waals surface area (Å²) in [5.74, 6) is 0.696. The summed E-state index contributed by atoms with van der Waals surface area (Å²) in [6, 6.07) is 0.459. The molecule has 66 valence electrons. The molecule has 0 aliphatic carbocycles. The van der Waals surface area contributed by atoms with Gasteiger partial charge in [0.25, 0.3) is 0 Å². The van der Waals surface area contributed by atoms with Crippen LogP contribution in [-0.2, 0) is 0 Å². The van der Waals surface area contributed by atoms with Gasteiger partial charge in [-0.2, -0.15) is 0 Å². The maximum atomic E-state index is 11.8. The molecule has 1 unspecified atom stereocenters. The fourth-order valence-electron chi connectivity index (χ4n) is 1.55. The van der Waals surface area contributed by atoms with Crippen molar-refractivity contribution in [3.05, 3.63) is 0 Å². The van der Waals surface area contributed by atoms with Crippen molar-refractivity contribution in [3.63, 3.8) is 0 Å². The third-order valence-corrected chi connectivity index (χ3v) is 2.37. The van der Waals surface area contributed by atoms with E-state index in [2.05, 4.69) is 17.6 Å². The van der Waals surface area contributed by atoms with E-state index in [4.69, 9.17) is 0 Å². The van der Waals surface area contributed by atoms with Crippen molar-refractivity contribution in [2.24, 2.45) is 5.92 Å². The minimum atomic E-state index is -0.259. The van der Waals surface area contributed by atoms with Crippen LogP contribution in [0.3, 0.4) is 0 Å². The summed E-state index contributed by atoms with van der Waals surface area (Å²) >= 11 is 0. The van der Waals surface area contributed by atoms with Gasteiger partial charge in [0.15, 0.2) is 0 Å². The molecule has 1 saturated heterocycles. The van der Waals surface area contributed by atoms with Crippen molar-refractivity contribution in [1.29, 1.82) is 0 Å². The van der Waals surface area contributed by atoms with Crippen molar-refractivity contribution in [1.82, 2.24) is 10.6 Å². The maximum Gasteiger partial charge on any atom is 0.102 e. The van der Waals surface area contributed by atoms with Crippen molar-refractivity contribution >= 4 is 0 Å². The average Bonchev–Trinajstić information content (AvgIpc) is 2.52. The van der Waals surface area contributed by atoms with Crippen molar-refractivity contribution in [3.8, 4) is 0 Å². The van der Waals surface area contributed by atoms with Crippen molar-refractivity contribution in [2.45, 2.75) is 19.4 Å². The summed E-state index contributed by atoms with van der Waals surface area (Å²) in [5, 5.41) is 6.46. The first-order valence-electron chi connectivity index (χ1n) is 4.34. The van der Waals surface area contributed by atoms with Gasteiger partial charge >= 0.3 is 0 Å². The minimum Gasteiger partial charge on any atom is -0.316 e. The van der Waals surface area contributed by atoms with Crippen LogP contribution in [0.4, 0.5) is 4.39 Å². The van der Waals surface area contributed by atoms with Crippen LogP contribution in [0.15, 0.2) is 0 Å². The Kier molecular flexibility index (Phi) is 3.80. The third-order valence-electron chi connectivity index (χ3n) is 2.37. The number of hydrogen-bond donors (Lipinski definition) is 2. The van der Waals surface area contributed by atoms with Crippen LogP contribution in [0.1, 0.15) is 13.3 Å². The molecule has 0 spiro atoms. The van der Waals surface area contributed by atoms with E-state index in [0.29, 0.717) is 18.5 Å². The van der Waals surface area contributed by atoms with E-state index in [9.17, 15) is 4.39 Å². The molecule has 0 aromatic rings. The minimum absolute atomic E-state index is 0.259. The van der Waals surface area contributed by atoms with Crippen LogP contribution in [0.25, 0.3) is 0 Å². The summed E-state index contributed by atoms with van der Waals surface area (Å²) in [6.07, 6.45) is 1.22. The first kappa shape index (κ1) is 8.94. The number of halogens is 1. The summed E-state index contributed by atoms with van der Waals surface area (Å²) in [4.78, 5) is 0. The highest BCUT2D eigenvalue weighted by atomic mass is 19.1. The molecule has 0 bridgehead atoms.